The third kappa shape index (κ3) is 3.07. The van der Waals surface area contributed by atoms with Crippen LogP contribution in [0.25, 0.3) is 0 Å². The van der Waals surface area contributed by atoms with Crippen LogP contribution in [-0.2, 0) is 18.4 Å². The number of hydrogen-bond donors (Lipinski definition) is 1. The normalized spacial score (nSPS) is 20.4. The molecule has 0 aliphatic carbocycles. The maximum Gasteiger partial charge on any atom is 0.240 e. The van der Waals surface area contributed by atoms with Crippen LogP contribution in [-0.4, -0.2) is 44.7 Å². The second-order valence-corrected chi connectivity index (χ2v) is 4.74. The molecule has 1 aliphatic rings. The largest absolute Gasteiger partial charge is 0.334 e. The van der Waals surface area contributed by atoms with Gasteiger partial charge in [0.05, 0.1) is 12.6 Å². The van der Waals surface area contributed by atoms with E-state index >= 15 is 0 Å². The van der Waals surface area contributed by atoms with Gasteiger partial charge in [0.25, 0.3) is 0 Å². The monoisotopic (exact) mass is 251 g/mol. The first-order valence-electron chi connectivity index (χ1n) is 6.57. The van der Waals surface area contributed by atoms with E-state index in [0.717, 1.165) is 32.4 Å². The van der Waals surface area contributed by atoms with Crippen molar-refractivity contribution in [1.29, 1.82) is 0 Å². The lowest BCUT2D eigenvalue weighted by molar-refractivity contribution is -0.136. The smallest absolute Gasteiger partial charge is 0.240 e. The number of nitrogens with zero attached hydrogens (tertiary/aromatic N) is 4. The van der Waals surface area contributed by atoms with Crippen molar-refractivity contribution in [3.05, 3.63) is 12.2 Å². The van der Waals surface area contributed by atoms with Gasteiger partial charge >= 0.3 is 0 Å². The van der Waals surface area contributed by atoms with Crippen LogP contribution in [0.5, 0.6) is 0 Å². The molecule has 1 aromatic heterocycles. The van der Waals surface area contributed by atoms with Gasteiger partial charge in [-0.3, -0.25) is 9.48 Å². The van der Waals surface area contributed by atoms with Crippen molar-refractivity contribution in [2.45, 2.75) is 38.8 Å². The molecule has 2 rings (SSSR count). The number of rotatable bonds is 5. The first-order valence-corrected chi connectivity index (χ1v) is 6.57. The van der Waals surface area contributed by atoms with Gasteiger partial charge in [-0.1, -0.05) is 6.92 Å². The first kappa shape index (κ1) is 13.0. The van der Waals surface area contributed by atoms with E-state index in [1.807, 2.05) is 11.9 Å². The van der Waals surface area contributed by atoms with Crippen LogP contribution in [0.2, 0.25) is 0 Å². The van der Waals surface area contributed by atoms with Crippen molar-refractivity contribution in [2.75, 3.05) is 13.1 Å². The number of amides is 1. The molecule has 1 saturated heterocycles. The molecule has 0 bridgehead atoms. The van der Waals surface area contributed by atoms with Crippen LogP contribution >= 0.6 is 0 Å². The molecule has 0 saturated carbocycles. The number of piperidine rings is 1. The van der Waals surface area contributed by atoms with Crippen LogP contribution in [0.15, 0.2) is 6.33 Å². The molecule has 2 heterocycles. The van der Waals surface area contributed by atoms with E-state index in [0.29, 0.717) is 12.4 Å². The molecule has 1 atom stereocenters. The molecule has 100 valence electrons. The molecular weight excluding hydrogens is 230 g/mol. The molecule has 1 amide bonds. The maximum atomic E-state index is 12.2. The number of aromatic nitrogens is 3. The van der Waals surface area contributed by atoms with E-state index in [9.17, 15) is 4.79 Å². The molecular formula is C12H21N5O. The topological polar surface area (TPSA) is 63.1 Å². The molecule has 6 nitrogen and oxygen atoms in total. The summed E-state index contributed by atoms with van der Waals surface area (Å²) < 4.78 is 1.66. The molecule has 18 heavy (non-hydrogen) atoms. The lowest BCUT2D eigenvalue weighted by Gasteiger charge is -2.32. The lowest BCUT2D eigenvalue weighted by atomic mass is 10.0. The molecule has 0 spiro atoms. The fraction of sp³-hybridized carbons (Fsp3) is 0.750. The molecule has 1 N–H and O–H groups in total. The highest BCUT2D eigenvalue weighted by Gasteiger charge is 2.28. The maximum absolute atomic E-state index is 12.2. The summed E-state index contributed by atoms with van der Waals surface area (Å²) in [6.45, 7) is 4.33. The van der Waals surface area contributed by atoms with E-state index in [2.05, 4.69) is 22.3 Å². The number of hydrogen-bond acceptors (Lipinski definition) is 4. The Hall–Kier alpha value is -1.43. The fourth-order valence-electron chi connectivity index (χ4n) is 2.23. The summed E-state index contributed by atoms with van der Waals surface area (Å²) in [6.07, 6.45) is 4.69. The zero-order valence-electron chi connectivity index (χ0n) is 11.1. The van der Waals surface area contributed by atoms with Crippen molar-refractivity contribution < 1.29 is 4.79 Å². The summed E-state index contributed by atoms with van der Waals surface area (Å²) in [5.74, 6) is 0.893. The van der Waals surface area contributed by atoms with E-state index in [1.54, 1.807) is 11.0 Å². The minimum atomic E-state index is -0.0255. The van der Waals surface area contributed by atoms with Crippen LogP contribution < -0.4 is 5.32 Å². The average Bonchev–Trinajstić information content (AvgIpc) is 2.76. The van der Waals surface area contributed by atoms with Gasteiger partial charge in [-0.2, -0.15) is 5.10 Å². The van der Waals surface area contributed by atoms with Crippen LogP contribution in [0.3, 0.4) is 0 Å². The predicted molar refractivity (Wildman–Crippen MR) is 67.7 cm³/mol. The average molecular weight is 251 g/mol. The Kier molecular flexibility index (Phi) is 4.30. The van der Waals surface area contributed by atoms with Crippen LogP contribution in [0, 0.1) is 0 Å². The highest BCUT2D eigenvalue weighted by atomic mass is 16.2. The van der Waals surface area contributed by atoms with Crippen molar-refractivity contribution in [3.8, 4) is 0 Å². The van der Waals surface area contributed by atoms with Gasteiger partial charge in [-0.05, 0) is 25.8 Å². The van der Waals surface area contributed by atoms with Crippen molar-refractivity contribution in [3.63, 3.8) is 0 Å². The molecule has 0 radical (unpaired) electrons. The SMILES string of the molecule is CCCNC1CCCN(Cc2ncn(C)n2)C1=O. The molecule has 1 fully saturated rings. The second kappa shape index (κ2) is 5.95. The van der Waals surface area contributed by atoms with E-state index in [-0.39, 0.29) is 11.9 Å². The van der Waals surface area contributed by atoms with Crippen molar-refractivity contribution in [1.82, 2.24) is 25.0 Å². The lowest BCUT2D eigenvalue weighted by Crippen LogP contribution is -2.50. The fourth-order valence-corrected chi connectivity index (χ4v) is 2.23. The van der Waals surface area contributed by atoms with Gasteiger partial charge in [-0.25, -0.2) is 4.98 Å². The molecule has 6 heteroatoms. The van der Waals surface area contributed by atoms with Gasteiger partial charge in [0.1, 0.15) is 6.33 Å². The zero-order chi connectivity index (χ0) is 13.0. The minimum absolute atomic E-state index is 0.0255. The second-order valence-electron chi connectivity index (χ2n) is 4.74. The van der Waals surface area contributed by atoms with Gasteiger partial charge in [0.15, 0.2) is 5.82 Å². The third-order valence-corrected chi connectivity index (χ3v) is 3.15. The Bertz CT molecular complexity index is 403. The predicted octanol–water partition coefficient (Wildman–Crippen LogP) is 0.306. The highest BCUT2D eigenvalue weighted by Crippen LogP contribution is 2.13. The molecule has 1 aliphatic heterocycles. The van der Waals surface area contributed by atoms with E-state index in [1.165, 1.54) is 0 Å². The quantitative estimate of drug-likeness (QED) is 0.818. The first-order chi connectivity index (χ1) is 8.70. The summed E-state index contributed by atoms with van der Waals surface area (Å²) in [4.78, 5) is 18.3. The van der Waals surface area contributed by atoms with Gasteiger partial charge in [-0.15, -0.1) is 0 Å². The van der Waals surface area contributed by atoms with E-state index in [4.69, 9.17) is 0 Å². The summed E-state index contributed by atoms with van der Waals surface area (Å²) in [5.41, 5.74) is 0. The van der Waals surface area contributed by atoms with E-state index < -0.39 is 0 Å². The van der Waals surface area contributed by atoms with Crippen LogP contribution in [0.4, 0.5) is 0 Å². The summed E-state index contributed by atoms with van der Waals surface area (Å²) in [6, 6.07) is -0.0255. The molecule has 0 aromatic carbocycles. The van der Waals surface area contributed by atoms with Gasteiger partial charge in [0.2, 0.25) is 5.91 Å². The number of nitrogens with one attached hydrogen (secondary N) is 1. The zero-order valence-corrected chi connectivity index (χ0v) is 11.1. The minimum Gasteiger partial charge on any atom is -0.334 e. The van der Waals surface area contributed by atoms with Gasteiger partial charge < -0.3 is 10.2 Å². The summed E-state index contributed by atoms with van der Waals surface area (Å²) in [5, 5.41) is 7.52. The Morgan fingerprint density at radius 2 is 2.39 bits per heavy atom. The highest BCUT2D eigenvalue weighted by molar-refractivity contribution is 5.82. The van der Waals surface area contributed by atoms with Crippen LogP contribution in [0.1, 0.15) is 32.0 Å². The number of likely N-dealkylation sites (tertiary alicyclic amines) is 1. The third-order valence-electron chi connectivity index (χ3n) is 3.15. The Morgan fingerprint density at radius 3 is 3.06 bits per heavy atom. The Labute approximate surface area is 107 Å². The molecule has 1 unspecified atom stereocenters. The Balaban J connectivity index is 1.93. The van der Waals surface area contributed by atoms with Gasteiger partial charge in [0, 0.05) is 13.6 Å². The summed E-state index contributed by atoms with van der Waals surface area (Å²) in [7, 11) is 1.83. The Morgan fingerprint density at radius 1 is 1.56 bits per heavy atom. The van der Waals surface area contributed by atoms with Crippen molar-refractivity contribution >= 4 is 5.91 Å². The molecule has 1 aromatic rings. The summed E-state index contributed by atoms with van der Waals surface area (Å²) >= 11 is 0. The number of carbonyl (C=O) groups excluding carboxylic acids is 1. The van der Waals surface area contributed by atoms with Crippen molar-refractivity contribution in [2.24, 2.45) is 7.05 Å². The number of aryl methyl sites for hydroxylation is 1. The number of carbonyl (C=O) groups is 1. The standard InChI is InChI=1S/C12H21N5O/c1-3-6-13-10-5-4-7-17(12(10)18)8-11-14-9-16(2)15-11/h9-10,13H,3-8H2,1-2H3.